The van der Waals surface area contributed by atoms with Crippen LogP contribution in [0.3, 0.4) is 0 Å². The lowest BCUT2D eigenvalue weighted by atomic mass is 9.59. The van der Waals surface area contributed by atoms with Gasteiger partial charge in [-0.05, 0) is 79.2 Å². The average molecular weight is 510 g/mol. The number of rotatable bonds is 9. The monoisotopic (exact) mass is 509 g/mol. The van der Waals surface area contributed by atoms with Crippen molar-refractivity contribution in [1.29, 1.82) is 5.41 Å². The number of nitrogens with two attached hydrogens (primary N) is 1. The highest BCUT2D eigenvalue weighted by Gasteiger charge is 2.49. The van der Waals surface area contributed by atoms with Crippen molar-refractivity contribution < 1.29 is 23.1 Å². The zero-order valence-electron chi connectivity index (χ0n) is 21.5. The van der Waals surface area contributed by atoms with Gasteiger partial charge in [-0.15, -0.1) is 0 Å². The van der Waals surface area contributed by atoms with Crippen molar-refractivity contribution in [2.45, 2.75) is 52.6 Å². The second-order valence-electron chi connectivity index (χ2n) is 9.73. The number of primary amides is 1. The van der Waals surface area contributed by atoms with Crippen LogP contribution in [-0.2, 0) is 9.59 Å². The highest BCUT2D eigenvalue weighted by atomic mass is 19.3. The summed E-state index contributed by atoms with van der Waals surface area (Å²) in [6.07, 6.45) is 3.28. The van der Waals surface area contributed by atoms with Crippen molar-refractivity contribution in [3.63, 3.8) is 0 Å². The number of carbonyl (C=O) groups is 2. The van der Waals surface area contributed by atoms with E-state index >= 15 is 0 Å². The summed E-state index contributed by atoms with van der Waals surface area (Å²) in [5.41, 5.74) is 7.62. The van der Waals surface area contributed by atoms with E-state index in [9.17, 15) is 18.4 Å². The third-order valence-corrected chi connectivity index (χ3v) is 7.03. The molecule has 0 unspecified atom stereocenters. The molecule has 1 aromatic carbocycles. The Balaban J connectivity index is 1.80. The summed E-state index contributed by atoms with van der Waals surface area (Å²) in [6.45, 7) is 9.49. The predicted molar refractivity (Wildman–Crippen MR) is 140 cm³/mol. The molecule has 0 aromatic heterocycles. The molecule has 37 heavy (non-hydrogen) atoms. The van der Waals surface area contributed by atoms with Crippen molar-refractivity contribution in [2.24, 2.45) is 17.1 Å². The van der Waals surface area contributed by atoms with Gasteiger partial charge in [0.1, 0.15) is 5.75 Å². The fourth-order valence-corrected chi connectivity index (χ4v) is 5.33. The highest BCUT2D eigenvalue weighted by molar-refractivity contribution is 6.29. The number of alkyl halides is 2. The maximum absolute atomic E-state index is 13.1. The number of hydrogen-bond donors (Lipinski definition) is 2. The summed E-state index contributed by atoms with van der Waals surface area (Å²) in [6, 6.07) is 5.76. The van der Waals surface area contributed by atoms with E-state index in [1.807, 2.05) is 11.8 Å². The normalized spacial score (nSPS) is 21.9. The maximum Gasteiger partial charge on any atom is 0.394 e. The molecular weight excluding hydrogens is 476 g/mol. The fourth-order valence-electron chi connectivity index (χ4n) is 5.33. The Labute approximate surface area is 216 Å². The lowest BCUT2D eigenvalue weighted by molar-refractivity contribution is -0.159. The summed E-state index contributed by atoms with van der Waals surface area (Å²) >= 11 is 0. The first kappa shape index (κ1) is 27.9. The Morgan fingerprint density at radius 1 is 1.32 bits per heavy atom. The fraction of sp³-hybridized carbons (Fsp3) is 0.414. The molecule has 1 saturated carbocycles. The van der Waals surface area contributed by atoms with Crippen molar-refractivity contribution in [3.8, 4) is 17.6 Å². The summed E-state index contributed by atoms with van der Waals surface area (Å²) in [5, 5.41) is 8.71. The van der Waals surface area contributed by atoms with Crippen molar-refractivity contribution in [1.82, 2.24) is 4.90 Å². The van der Waals surface area contributed by atoms with Crippen LogP contribution in [-0.4, -0.2) is 41.6 Å². The number of allylic oxidation sites excluding steroid dienone is 4. The van der Waals surface area contributed by atoms with E-state index in [4.69, 9.17) is 11.1 Å². The molecule has 1 aliphatic carbocycles. The van der Waals surface area contributed by atoms with Crippen LogP contribution >= 0.6 is 0 Å². The number of hydrogen-bond acceptors (Lipinski definition) is 4. The molecule has 0 atom stereocenters. The number of likely N-dealkylation sites (tertiary alicyclic amines) is 1. The molecule has 2 fully saturated rings. The van der Waals surface area contributed by atoms with Crippen LogP contribution in [0, 0.1) is 28.6 Å². The van der Waals surface area contributed by atoms with E-state index in [0.29, 0.717) is 37.6 Å². The molecule has 196 valence electrons. The van der Waals surface area contributed by atoms with Crippen molar-refractivity contribution in [3.05, 3.63) is 59.7 Å². The number of amides is 2. The molecule has 1 heterocycles. The molecule has 6 nitrogen and oxygen atoms in total. The van der Waals surface area contributed by atoms with Gasteiger partial charge in [-0.2, -0.15) is 8.78 Å². The quantitative estimate of drug-likeness (QED) is 0.210. The minimum Gasteiger partial charge on any atom is -0.433 e. The standard InChI is InChI=1S/C29H33F2N3O3/c1-5-8-25(35)34-14-13-29(18-34)16-21(17-29)19(6-2)15-24(32)26(27(33)36)23(7-3)20-9-11-22(12-10-20)37-28(4,30)31/h7,9-12,15,21,32H,3,6,13-14,16-18H2,1-2,4H3,(H2,33,36)/b19-15-,26-23-,32-24?. The first-order valence-corrected chi connectivity index (χ1v) is 12.3. The summed E-state index contributed by atoms with van der Waals surface area (Å²) in [5.74, 6) is 4.59. The number of ether oxygens (including phenoxy) is 1. The molecule has 1 aliphatic heterocycles. The van der Waals surface area contributed by atoms with Gasteiger partial charge < -0.3 is 20.8 Å². The molecule has 1 saturated heterocycles. The first-order valence-electron chi connectivity index (χ1n) is 12.3. The lowest BCUT2D eigenvalue weighted by Crippen LogP contribution is -2.41. The zero-order chi connectivity index (χ0) is 27.4. The van der Waals surface area contributed by atoms with Crippen molar-refractivity contribution in [2.75, 3.05) is 13.1 Å². The number of nitrogens with one attached hydrogen (secondary N) is 1. The molecule has 8 heteroatoms. The SMILES string of the molecule is C=C/C(=C(\C(=N)/C=C(/CC)C1CC2(CCN(C(=O)C#CC)C2)C1)C(N)=O)c1ccc(OC(C)(F)F)cc1. The highest BCUT2D eigenvalue weighted by Crippen LogP contribution is 2.54. The van der Waals surface area contributed by atoms with Crippen LogP contribution in [0.1, 0.15) is 52.0 Å². The van der Waals surface area contributed by atoms with Gasteiger partial charge in [0.25, 0.3) is 11.8 Å². The summed E-state index contributed by atoms with van der Waals surface area (Å²) in [7, 11) is 0. The molecule has 0 bridgehead atoms. The van der Waals surface area contributed by atoms with Crippen LogP contribution in [0.4, 0.5) is 8.78 Å². The van der Waals surface area contributed by atoms with Crippen LogP contribution in [0.2, 0.25) is 0 Å². The number of benzene rings is 1. The smallest absolute Gasteiger partial charge is 0.394 e. The first-order chi connectivity index (χ1) is 17.4. The van der Waals surface area contributed by atoms with E-state index in [1.165, 1.54) is 30.3 Å². The van der Waals surface area contributed by atoms with E-state index < -0.39 is 12.0 Å². The van der Waals surface area contributed by atoms with Gasteiger partial charge in [0, 0.05) is 20.0 Å². The van der Waals surface area contributed by atoms with Gasteiger partial charge in [0.2, 0.25) is 0 Å². The molecule has 1 spiro atoms. The minimum absolute atomic E-state index is 0.000236. The van der Waals surface area contributed by atoms with E-state index in [0.717, 1.165) is 24.8 Å². The largest absolute Gasteiger partial charge is 0.433 e. The molecule has 1 aromatic rings. The maximum atomic E-state index is 13.1. The average Bonchev–Trinajstić information content (AvgIpc) is 3.25. The van der Waals surface area contributed by atoms with Gasteiger partial charge in [-0.25, -0.2) is 0 Å². The molecule has 2 amide bonds. The van der Waals surface area contributed by atoms with Crippen molar-refractivity contribution >= 4 is 23.1 Å². The molecule has 3 rings (SSSR count). The second kappa shape index (κ2) is 11.1. The summed E-state index contributed by atoms with van der Waals surface area (Å²) < 4.78 is 30.9. The van der Waals surface area contributed by atoms with E-state index in [2.05, 4.69) is 23.2 Å². The van der Waals surface area contributed by atoms with Gasteiger partial charge in [-0.1, -0.05) is 43.2 Å². The Kier molecular flexibility index (Phi) is 8.37. The topological polar surface area (TPSA) is 96.5 Å². The Hall–Kier alpha value is -3.73. The van der Waals surface area contributed by atoms with Gasteiger partial charge in [0.15, 0.2) is 0 Å². The van der Waals surface area contributed by atoms with Gasteiger partial charge in [0.05, 0.1) is 11.3 Å². The van der Waals surface area contributed by atoms with E-state index in [1.54, 1.807) is 13.0 Å². The van der Waals surface area contributed by atoms with Crippen LogP contribution in [0.15, 0.2) is 54.1 Å². The van der Waals surface area contributed by atoms with Crippen LogP contribution in [0.5, 0.6) is 5.75 Å². The Morgan fingerprint density at radius 3 is 2.49 bits per heavy atom. The van der Waals surface area contributed by atoms with Gasteiger partial charge >= 0.3 is 6.11 Å². The van der Waals surface area contributed by atoms with Gasteiger partial charge in [-0.3, -0.25) is 9.59 Å². The Morgan fingerprint density at radius 2 is 1.97 bits per heavy atom. The number of halogens is 2. The van der Waals surface area contributed by atoms with Crippen LogP contribution < -0.4 is 10.5 Å². The van der Waals surface area contributed by atoms with E-state index in [-0.39, 0.29) is 34.3 Å². The number of nitrogens with zero attached hydrogens (tertiary/aromatic N) is 1. The molecular formula is C29H33F2N3O3. The molecule has 0 radical (unpaired) electrons. The third kappa shape index (κ3) is 6.53. The minimum atomic E-state index is -3.32. The Bertz CT molecular complexity index is 1210. The second-order valence-corrected chi connectivity index (χ2v) is 9.73. The third-order valence-electron chi connectivity index (χ3n) is 7.03. The molecule has 2 aliphatic rings. The predicted octanol–water partition coefficient (Wildman–Crippen LogP) is 5.11. The summed E-state index contributed by atoms with van der Waals surface area (Å²) in [4.78, 5) is 26.4. The lowest BCUT2D eigenvalue weighted by Gasteiger charge is -2.46. The molecule has 3 N–H and O–H groups in total. The number of carbonyl (C=O) groups excluding carboxylic acids is 2. The van der Waals surface area contributed by atoms with Crippen LogP contribution in [0.25, 0.3) is 5.57 Å². The zero-order valence-corrected chi connectivity index (χ0v) is 21.5.